The van der Waals surface area contributed by atoms with E-state index >= 15 is 0 Å². The molecule has 0 fully saturated rings. The van der Waals surface area contributed by atoms with Gasteiger partial charge in [0.1, 0.15) is 5.75 Å². The predicted octanol–water partition coefficient (Wildman–Crippen LogP) is 3.06. The molecule has 2 aromatic carbocycles. The second-order valence-electron chi connectivity index (χ2n) is 7.23. The average Bonchev–Trinajstić information content (AvgIpc) is 2.80. The van der Waals surface area contributed by atoms with Crippen LogP contribution in [0.4, 0.5) is 11.4 Å². The first-order valence-electron chi connectivity index (χ1n) is 10.00. The van der Waals surface area contributed by atoms with Gasteiger partial charge in [0.2, 0.25) is 11.7 Å². The molecule has 3 rings (SSSR count). The van der Waals surface area contributed by atoms with Crippen LogP contribution in [0, 0.1) is 0 Å². The van der Waals surface area contributed by atoms with Crippen LogP contribution in [0.15, 0.2) is 30.3 Å². The van der Waals surface area contributed by atoms with Crippen LogP contribution in [-0.2, 0) is 9.59 Å². The van der Waals surface area contributed by atoms with Crippen molar-refractivity contribution >= 4 is 29.0 Å². The van der Waals surface area contributed by atoms with E-state index in [1.54, 1.807) is 44.3 Å². The van der Waals surface area contributed by atoms with Crippen molar-refractivity contribution in [2.24, 2.45) is 0 Å². The number of amides is 2. The maximum absolute atomic E-state index is 12.6. The quantitative estimate of drug-likeness (QED) is 0.627. The molecule has 1 aliphatic heterocycles. The van der Waals surface area contributed by atoms with E-state index in [9.17, 15) is 14.4 Å². The number of hydrogen-bond donors (Lipinski definition) is 1. The van der Waals surface area contributed by atoms with Gasteiger partial charge in [-0.2, -0.15) is 0 Å². The van der Waals surface area contributed by atoms with Crippen molar-refractivity contribution in [3.05, 3.63) is 35.9 Å². The van der Waals surface area contributed by atoms with Gasteiger partial charge in [-0.15, -0.1) is 0 Å². The first kappa shape index (κ1) is 22.9. The van der Waals surface area contributed by atoms with Gasteiger partial charge in [0.25, 0.3) is 5.91 Å². The monoisotopic (exact) mass is 442 g/mol. The highest BCUT2D eigenvalue weighted by atomic mass is 16.5. The minimum Gasteiger partial charge on any atom is -0.493 e. The van der Waals surface area contributed by atoms with Gasteiger partial charge in [-0.25, -0.2) is 0 Å². The lowest BCUT2D eigenvalue weighted by Gasteiger charge is -2.30. The van der Waals surface area contributed by atoms with Gasteiger partial charge in [-0.3, -0.25) is 14.4 Å². The van der Waals surface area contributed by atoms with Crippen molar-refractivity contribution in [3.63, 3.8) is 0 Å². The summed E-state index contributed by atoms with van der Waals surface area (Å²) in [6.45, 7) is 1.67. The topological polar surface area (TPSA) is 103 Å². The molecule has 1 heterocycles. The number of nitrogens with zero attached hydrogens (tertiary/aromatic N) is 1. The fourth-order valence-corrected chi connectivity index (χ4v) is 3.43. The Morgan fingerprint density at radius 3 is 2.28 bits per heavy atom. The number of rotatable bonds is 8. The normalized spacial score (nSPS) is 14.8. The van der Waals surface area contributed by atoms with Crippen LogP contribution in [0.2, 0.25) is 0 Å². The lowest BCUT2D eigenvalue weighted by atomic mass is 10.0. The second-order valence-corrected chi connectivity index (χ2v) is 7.23. The second kappa shape index (κ2) is 9.59. The number of nitrogens with one attached hydrogen (secondary N) is 1. The van der Waals surface area contributed by atoms with Crippen LogP contribution in [0.1, 0.15) is 30.1 Å². The summed E-state index contributed by atoms with van der Waals surface area (Å²) >= 11 is 0. The molecule has 1 unspecified atom stereocenters. The third kappa shape index (κ3) is 4.61. The third-order valence-corrected chi connectivity index (χ3v) is 5.15. The summed E-state index contributed by atoms with van der Waals surface area (Å²) in [7, 11) is 6.10. The van der Waals surface area contributed by atoms with Crippen molar-refractivity contribution in [3.8, 4) is 23.0 Å². The van der Waals surface area contributed by atoms with Crippen molar-refractivity contribution in [2.75, 3.05) is 38.6 Å². The molecule has 0 saturated carbocycles. The Hall–Kier alpha value is -3.75. The standard InChI is InChI=1S/C23H26N2O7/c1-13-23(28)25(2)16-10-14(6-8-18(16)32-13)17(26)7-9-21(27)24-15-11-19(29-3)22(31-5)20(12-15)30-4/h6,8,10-13H,7,9H2,1-5H3,(H,24,27). The van der Waals surface area contributed by atoms with Gasteiger partial charge in [-0.05, 0) is 25.1 Å². The van der Waals surface area contributed by atoms with Gasteiger partial charge < -0.3 is 29.2 Å². The highest BCUT2D eigenvalue weighted by Crippen LogP contribution is 2.40. The van der Waals surface area contributed by atoms with Crippen molar-refractivity contribution in [2.45, 2.75) is 25.9 Å². The van der Waals surface area contributed by atoms with Gasteiger partial charge in [0.15, 0.2) is 23.4 Å². The molecule has 0 radical (unpaired) electrons. The zero-order chi connectivity index (χ0) is 23.4. The highest BCUT2D eigenvalue weighted by Gasteiger charge is 2.29. The minimum atomic E-state index is -0.576. The third-order valence-electron chi connectivity index (χ3n) is 5.15. The Kier molecular flexibility index (Phi) is 6.87. The molecule has 32 heavy (non-hydrogen) atoms. The summed E-state index contributed by atoms with van der Waals surface area (Å²) in [6.07, 6.45) is -0.591. The predicted molar refractivity (Wildman–Crippen MR) is 118 cm³/mol. The lowest BCUT2D eigenvalue weighted by molar-refractivity contribution is -0.125. The van der Waals surface area contributed by atoms with E-state index in [0.717, 1.165) is 0 Å². The fourth-order valence-electron chi connectivity index (χ4n) is 3.43. The number of hydrogen-bond acceptors (Lipinski definition) is 7. The van der Waals surface area contributed by atoms with Crippen LogP contribution in [0.25, 0.3) is 0 Å². The smallest absolute Gasteiger partial charge is 0.267 e. The molecule has 1 N–H and O–H groups in total. The molecule has 9 nitrogen and oxygen atoms in total. The maximum Gasteiger partial charge on any atom is 0.267 e. The number of Topliss-reactive ketones (excluding diaryl/α,β-unsaturated/α-hetero) is 1. The van der Waals surface area contributed by atoms with E-state index in [1.165, 1.54) is 26.2 Å². The Bertz CT molecular complexity index is 1030. The first-order chi connectivity index (χ1) is 15.3. The van der Waals surface area contributed by atoms with E-state index in [1.807, 2.05) is 0 Å². The summed E-state index contributed by atoms with van der Waals surface area (Å²) in [5.41, 5.74) is 1.39. The van der Waals surface area contributed by atoms with Gasteiger partial charge in [-0.1, -0.05) is 0 Å². The number of anilines is 2. The number of ether oxygens (including phenoxy) is 4. The molecule has 0 aromatic heterocycles. The number of methoxy groups -OCH3 is 3. The van der Waals surface area contributed by atoms with Crippen LogP contribution >= 0.6 is 0 Å². The summed E-state index contributed by atoms with van der Waals surface area (Å²) in [6, 6.07) is 8.13. The fraction of sp³-hybridized carbons (Fsp3) is 0.348. The number of fused-ring (bicyclic) bond motifs is 1. The van der Waals surface area contributed by atoms with E-state index in [4.69, 9.17) is 18.9 Å². The van der Waals surface area contributed by atoms with Crippen molar-refractivity contribution in [1.29, 1.82) is 0 Å². The van der Waals surface area contributed by atoms with E-state index in [-0.39, 0.29) is 30.4 Å². The molecule has 0 saturated heterocycles. The summed E-state index contributed by atoms with van der Waals surface area (Å²) in [5.74, 6) is 1.02. The Labute approximate surface area is 186 Å². The molecule has 0 spiro atoms. The first-order valence-corrected chi connectivity index (χ1v) is 10.00. The molecule has 0 bridgehead atoms. The summed E-state index contributed by atoms with van der Waals surface area (Å²) in [5, 5.41) is 2.74. The number of carbonyl (C=O) groups excluding carboxylic acids is 3. The molecular weight excluding hydrogens is 416 g/mol. The zero-order valence-electron chi connectivity index (χ0n) is 18.7. The van der Waals surface area contributed by atoms with Gasteiger partial charge >= 0.3 is 0 Å². The number of ketones is 1. The van der Waals surface area contributed by atoms with Crippen LogP contribution in [-0.4, -0.2) is 52.1 Å². The van der Waals surface area contributed by atoms with E-state index in [0.29, 0.717) is 39.9 Å². The molecule has 170 valence electrons. The maximum atomic E-state index is 12.6. The molecule has 9 heteroatoms. The van der Waals surface area contributed by atoms with Crippen molar-refractivity contribution < 1.29 is 33.3 Å². The Morgan fingerprint density at radius 1 is 1.03 bits per heavy atom. The average molecular weight is 442 g/mol. The number of likely N-dealkylation sites (N-methyl/N-ethyl adjacent to an activating group) is 1. The zero-order valence-corrected chi connectivity index (χ0v) is 18.7. The van der Waals surface area contributed by atoms with Crippen LogP contribution in [0.5, 0.6) is 23.0 Å². The van der Waals surface area contributed by atoms with Crippen LogP contribution < -0.4 is 29.2 Å². The number of benzene rings is 2. The lowest BCUT2D eigenvalue weighted by Crippen LogP contribution is -2.42. The largest absolute Gasteiger partial charge is 0.493 e. The minimum absolute atomic E-state index is 0.00393. The SMILES string of the molecule is COc1cc(NC(=O)CCC(=O)c2ccc3c(c2)N(C)C(=O)C(C)O3)cc(OC)c1OC. The number of carbonyl (C=O) groups is 3. The molecule has 1 atom stereocenters. The molecule has 2 aromatic rings. The molecule has 1 aliphatic rings. The van der Waals surface area contributed by atoms with E-state index < -0.39 is 6.10 Å². The summed E-state index contributed by atoms with van der Waals surface area (Å²) < 4.78 is 21.4. The van der Waals surface area contributed by atoms with Gasteiger partial charge in [0.05, 0.1) is 27.0 Å². The highest BCUT2D eigenvalue weighted by molar-refractivity contribution is 6.04. The van der Waals surface area contributed by atoms with E-state index in [2.05, 4.69) is 5.32 Å². The van der Waals surface area contributed by atoms with Crippen molar-refractivity contribution in [1.82, 2.24) is 0 Å². The summed E-state index contributed by atoms with van der Waals surface area (Å²) in [4.78, 5) is 38.7. The molecule has 2 amide bonds. The Morgan fingerprint density at radius 2 is 1.69 bits per heavy atom. The Balaban J connectivity index is 1.66. The molecular formula is C23H26N2O7. The van der Waals surface area contributed by atoms with Gasteiger partial charge in [0, 0.05) is 43.3 Å². The molecule has 0 aliphatic carbocycles. The van der Waals surface area contributed by atoms with Crippen LogP contribution in [0.3, 0.4) is 0 Å².